The van der Waals surface area contributed by atoms with E-state index in [-0.39, 0.29) is 5.82 Å². The Morgan fingerprint density at radius 1 is 1.35 bits per heavy atom. The van der Waals surface area contributed by atoms with Crippen LogP contribution in [-0.2, 0) is 0 Å². The lowest BCUT2D eigenvalue weighted by molar-refractivity contribution is 0.421. The number of nitrogens with zero attached hydrogens (tertiary/aromatic N) is 1. The van der Waals surface area contributed by atoms with Crippen LogP contribution in [0.5, 0.6) is 0 Å². The zero-order valence-corrected chi connectivity index (χ0v) is 10.7. The molecule has 1 heterocycles. The molecule has 1 aliphatic rings. The first kappa shape index (κ1) is 12.4. The molecule has 1 aromatic rings. The quantitative estimate of drug-likeness (QED) is 0.868. The Morgan fingerprint density at radius 2 is 2.06 bits per heavy atom. The van der Waals surface area contributed by atoms with Crippen molar-refractivity contribution in [3.8, 4) is 0 Å². The van der Waals surface area contributed by atoms with E-state index < -0.39 is 0 Å². The van der Waals surface area contributed by atoms with Gasteiger partial charge in [-0.3, -0.25) is 0 Å². The number of rotatable bonds is 3. The predicted octanol–water partition coefficient (Wildman–Crippen LogP) is 2.71. The Kier molecular flexibility index (Phi) is 4.00. The molecular weight excluding hydrogens is 215 g/mol. The summed E-state index contributed by atoms with van der Waals surface area (Å²) in [5.41, 5.74) is 1.88. The second-order valence-electron chi connectivity index (χ2n) is 4.77. The van der Waals surface area contributed by atoms with Gasteiger partial charge in [0.15, 0.2) is 0 Å². The van der Waals surface area contributed by atoms with Crippen molar-refractivity contribution in [1.29, 1.82) is 0 Å². The number of halogens is 1. The second-order valence-corrected chi connectivity index (χ2v) is 4.77. The van der Waals surface area contributed by atoms with Gasteiger partial charge in [0.05, 0.1) is 5.69 Å². The average molecular weight is 236 g/mol. The van der Waals surface area contributed by atoms with E-state index in [4.69, 9.17) is 0 Å². The van der Waals surface area contributed by atoms with E-state index in [9.17, 15) is 4.39 Å². The minimum atomic E-state index is -0.0995. The number of hydrogen-bond acceptors (Lipinski definition) is 2. The van der Waals surface area contributed by atoms with Crippen LogP contribution in [0.25, 0.3) is 0 Å². The second kappa shape index (κ2) is 5.50. The summed E-state index contributed by atoms with van der Waals surface area (Å²) < 4.78 is 13.7. The third-order valence-corrected chi connectivity index (χ3v) is 3.43. The molecule has 1 aliphatic heterocycles. The van der Waals surface area contributed by atoms with E-state index in [0.717, 1.165) is 43.7 Å². The van der Waals surface area contributed by atoms with Gasteiger partial charge in [-0.05, 0) is 44.0 Å². The number of aryl methyl sites for hydroxylation is 1. The lowest BCUT2D eigenvalue weighted by Gasteiger charge is -2.34. The van der Waals surface area contributed by atoms with Gasteiger partial charge in [0.1, 0.15) is 5.82 Å². The van der Waals surface area contributed by atoms with E-state index in [1.807, 2.05) is 19.1 Å². The Bertz CT molecular complexity index is 370. The molecule has 0 spiro atoms. The highest BCUT2D eigenvalue weighted by Crippen LogP contribution is 2.24. The van der Waals surface area contributed by atoms with Crippen LogP contribution in [0.4, 0.5) is 10.1 Å². The minimum absolute atomic E-state index is 0.0995. The Morgan fingerprint density at radius 3 is 2.71 bits per heavy atom. The van der Waals surface area contributed by atoms with Crippen LogP contribution in [0.3, 0.4) is 0 Å². The molecule has 1 N–H and O–H groups in total. The minimum Gasteiger partial charge on any atom is -0.369 e. The van der Waals surface area contributed by atoms with E-state index in [1.165, 1.54) is 0 Å². The molecule has 1 saturated heterocycles. The fourth-order valence-electron chi connectivity index (χ4n) is 2.48. The molecule has 0 aliphatic carbocycles. The number of anilines is 1. The summed E-state index contributed by atoms with van der Waals surface area (Å²) in [6, 6.07) is 5.94. The van der Waals surface area contributed by atoms with Crippen molar-refractivity contribution in [3.63, 3.8) is 0 Å². The molecule has 2 rings (SSSR count). The highest BCUT2D eigenvalue weighted by atomic mass is 19.1. The molecule has 0 aromatic heterocycles. The summed E-state index contributed by atoms with van der Waals surface area (Å²) in [6.45, 7) is 7.04. The molecule has 0 saturated carbocycles. The molecule has 0 radical (unpaired) electrons. The number of benzene rings is 1. The highest BCUT2D eigenvalue weighted by molar-refractivity contribution is 5.50. The van der Waals surface area contributed by atoms with E-state index in [1.54, 1.807) is 6.07 Å². The SMILES string of the molecule is CCNC1CCN(c2cc(C)ccc2F)CC1. The Labute approximate surface area is 103 Å². The molecule has 0 bridgehead atoms. The van der Waals surface area contributed by atoms with Crippen LogP contribution in [0.15, 0.2) is 18.2 Å². The molecular formula is C14H21FN2. The van der Waals surface area contributed by atoms with Crippen LogP contribution < -0.4 is 10.2 Å². The maximum Gasteiger partial charge on any atom is 0.146 e. The Balaban J connectivity index is 2.02. The average Bonchev–Trinajstić information content (AvgIpc) is 2.34. The maximum atomic E-state index is 13.7. The maximum absolute atomic E-state index is 13.7. The summed E-state index contributed by atoms with van der Waals surface area (Å²) in [5.74, 6) is -0.0995. The van der Waals surface area contributed by atoms with Crippen LogP contribution in [0.2, 0.25) is 0 Å². The highest BCUT2D eigenvalue weighted by Gasteiger charge is 2.20. The van der Waals surface area contributed by atoms with Gasteiger partial charge in [-0.15, -0.1) is 0 Å². The topological polar surface area (TPSA) is 15.3 Å². The van der Waals surface area contributed by atoms with Crippen LogP contribution in [0, 0.1) is 12.7 Å². The molecule has 3 heteroatoms. The molecule has 0 amide bonds. The number of piperidine rings is 1. The molecule has 0 atom stereocenters. The third-order valence-electron chi connectivity index (χ3n) is 3.43. The van der Waals surface area contributed by atoms with Gasteiger partial charge < -0.3 is 10.2 Å². The van der Waals surface area contributed by atoms with Crippen molar-refractivity contribution in [3.05, 3.63) is 29.6 Å². The van der Waals surface area contributed by atoms with Crippen LogP contribution in [0.1, 0.15) is 25.3 Å². The first-order valence-electron chi connectivity index (χ1n) is 6.45. The standard InChI is InChI=1S/C14H21FN2/c1-3-16-12-6-8-17(9-7-12)14-10-11(2)4-5-13(14)15/h4-5,10,12,16H,3,6-9H2,1-2H3. The molecule has 2 nitrogen and oxygen atoms in total. The van der Waals surface area contributed by atoms with Crippen molar-refractivity contribution in [2.75, 3.05) is 24.5 Å². The summed E-state index contributed by atoms with van der Waals surface area (Å²) >= 11 is 0. The van der Waals surface area contributed by atoms with Gasteiger partial charge in [-0.1, -0.05) is 13.0 Å². The van der Waals surface area contributed by atoms with Crippen LogP contribution in [-0.4, -0.2) is 25.7 Å². The molecule has 94 valence electrons. The van der Waals surface area contributed by atoms with Crippen molar-refractivity contribution in [1.82, 2.24) is 5.32 Å². The molecule has 0 unspecified atom stereocenters. The van der Waals surface area contributed by atoms with Gasteiger partial charge in [0.25, 0.3) is 0 Å². The fourth-order valence-corrected chi connectivity index (χ4v) is 2.48. The van der Waals surface area contributed by atoms with E-state index >= 15 is 0 Å². The number of nitrogens with one attached hydrogen (secondary N) is 1. The smallest absolute Gasteiger partial charge is 0.146 e. The van der Waals surface area contributed by atoms with Gasteiger partial charge >= 0.3 is 0 Å². The first-order chi connectivity index (χ1) is 8.20. The van der Waals surface area contributed by atoms with Crippen molar-refractivity contribution >= 4 is 5.69 Å². The van der Waals surface area contributed by atoms with Crippen molar-refractivity contribution in [2.45, 2.75) is 32.7 Å². The normalized spacial score (nSPS) is 17.5. The zero-order chi connectivity index (χ0) is 12.3. The molecule has 1 fully saturated rings. The Hall–Kier alpha value is -1.09. The van der Waals surface area contributed by atoms with Gasteiger partial charge in [-0.2, -0.15) is 0 Å². The number of hydrogen-bond donors (Lipinski definition) is 1. The summed E-state index contributed by atoms with van der Waals surface area (Å²) in [7, 11) is 0. The van der Waals surface area contributed by atoms with Gasteiger partial charge in [0.2, 0.25) is 0 Å². The fraction of sp³-hybridized carbons (Fsp3) is 0.571. The lowest BCUT2D eigenvalue weighted by atomic mass is 10.0. The van der Waals surface area contributed by atoms with Gasteiger partial charge in [0, 0.05) is 19.1 Å². The largest absolute Gasteiger partial charge is 0.369 e. The zero-order valence-electron chi connectivity index (χ0n) is 10.7. The van der Waals surface area contributed by atoms with E-state index in [2.05, 4.69) is 17.1 Å². The monoisotopic (exact) mass is 236 g/mol. The van der Waals surface area contributed by atoms with Gasteiger partial charge in [-0.25, -0.2) is 4.39 Å². The summed E-state index contributed by atoms with van der Waals surface area (Å²) in [6.07, 6.45) is 2.20. The summed E-state index contributed by atoms with van der Waals surface area (Å²) in [4.78, 5) is 2.16. The van der Waals surface area contributed by atoms with Crippen molar-refractivity contribution < 1.29 is 4.39 Å². The lowest BCUT2D eigenvalue weighted by Crippen LogP contribution is -2.42. The van der Waals surface area contributed by atoms with E-state index in [0.29, 0.717) is 6.04 Å². The first-order valence-corrected chi connectivity index (χ1v) is 6.45. The predicted molar refractivity (Wildman–Crippen MR) is 70.0 cm³/mol. The third kappa shape index (κ3) is 2.97. The molecule has 17 heavy (non-hydrogen) atoms. The molecule has 1 aromatic carbocycles. The van der Waals surface area contributed by atoms with Crippen LogP contribution >= 0.6 is 0 Å². The van der Waals surface area contributed by atoms with Crippen molar-refractivity contribution in [2.24, 2.45) is 0 Å². The summed E-state index contributed by atoms with van der Waals surface area (Å²) in [5, 5.41) is 3.46.